The molecule has 0 saturated heterocycles. The van der Waals surface area contributed by atoms with Crippen LogP contribution in [0.5, 0.6) is 0 Å². The second kappa shape index (κ2) is 8.11. The van der Waals surface area contributed by atoms with Gasteiger partial charge in [-0.1, -0.05) is 32.1 Å². The molecule has 0 bridgehead atoms. The predicted molar refractivity (Wildman–Crippen MR) is 70.0 cm³/mol. The zero-order valence-corrected chi connectivity index (χ0v) is 11.5. The molecule has 1 atom stereocenters. The summed E-state index contributed by atoms with van der Waals surface area (Å²) in [5.41, 5.74) is 0. The molecule has 0 radical (unpaired) electrons. The summed E-state index contributed by atoms with van der Waals surface area (Å²) in [5, 5.41) is 2.84. The minimum Gasteiger partial charge on any atom is -0.469 e. The Morgan fingerprint density at radius 1 is 1.28 bits per heavy atom. The van der Waals surface area contributed by atoms with Gasteiger partial charge < -0.3 is 10.1 Å². The lowest BCUT2D eigenvalue weighted by Crippen LogP contribution is -2.34. The van der Waals surface area contributed by atoms with E-state index in [9.17, 15) is 9.59 Å². The second-order valence-corrected chi connectivity index (χ2v) is 5.29. The summed E-state index contributed by atoms with van der Waals surface area (Å²) >= 11 is 0. The standard InChI is InChI=1S/C14H25NO3/c1-11(10-14(17)18-2)15-13(16)9-8-12-6-4-3-5-7-12/h11-12H,3-10H2,1-2H3,(H,15,16). The Balaban J connectivity index is 2.14. The Kier molecular flexibility index (Phi) is 6.76. The molecule has 0 aromatic heterocycles. The van der Waals surface area contributed by atoms with Gasteiger partial charge in [0.2, 0.25) is 5.91 Å². The third-order valence-corrected chi connectivity index (χ3v) is 3.61. The van der Waals surface area contributed by atoms with Crippen LogP contribution in [0, 0.1) is 5.92 Å². The molecule has 1 amide bonds. The highest BCUT2D eigenvalue weighted by atomic mass is 16.5. The van der Waals surface area contributed by atoms with Crippen LogP contribution in [0.15, 0.2) is 0 Å². The van der Waals surface area contributed by atoms with Crippen molar-refractivity contribution in [1.82, 2.24) is 5.32 Å². The first-order valence-corrected chi connectivity index (χ1v) is 6.98. The maximum Gasteiger partial charge on any atom is 0.307 e. The highest BCUT2D eigenvalue weighted by Gasteiger charge is 2.16. The molecule has 104 valence electrons. The number of hydrogen-bond acceptors (Lipinski definition) is 3. The van der Waals surface area contributed by atoms with Crippen LogP contribution in [0.1, 0.15) is 58.3 Å². The third kappa shape index (κ3) is 6.03. The fourth-order valence-electron chi connectivity index (χ4n) is 2.54. The molecular weight excluding hydrogens is 230 g/mol. The van der Waals surface area contributed by atoms with Crippen molar-refractivity contribution >= 4 is 11.9 Å². The lowest BCUT2D eigenvalue weighted by Gasteiger charge is -2.21. The summed E-state index contributed by atoms with van der Waals surface area (Å²) in [6.07, 6.45) is 8.31. The second-order valence-electron chi connectivity index (χ2n) is 5.29. The highest BCUT2D eigenvalue weighted by Crippen LogP contribution is 2.27. The molecule has 18 heavy (non-hydrogen) atoms. The van der Waals surface area contributed by atoms with E-state index in [1.165, 1.54) is 39.2 Å². The van der Waals surface area contributed by atoms with Crippen LogP contribution >= 0.6 is 0 Å². The van der Waals surface area contributed by atoms with E-state index >= 15 is 0 Å². The Morgan fingerprint density at radius 2 is 1.94 bits per heavy atom. The van der Waals surface area contributed by atoms with Crippen molar-refractivity contribution in [3.8, 4) is 0 Å². The van der Waals surface area contributed by atoms with E-state index in [0.717, 1.165) is 12.3 Å². The summed E-state index contributed by atoms with van der Waals surface area (Å²) < 4.78 is 4.57. The van der Waals surface area contributed by atoms with Crippen molar-refractivity contribution in [2.24, 2.45) is 5.92 Å². The average molecular weight is 255 g/mol. The maximum atomic E-state index is 11.7. The van der Waals surface area contributed by atoms with Crippen LogP contribution in [0.4, 0.5) is 0 Å². The van der Waals surface area contributed by atoms with Gasteiger partial charge in [0.1, 0.15) is 0 Å². The number of amides is 1. The van der Waals surface area contributed by atoms with Gasteiger partial charge in [-0.05, 0) is 19.3 Å². The number of esters is 1. The molecule has 1 unspecified atom stereocenters. The minimum absolute atomic E-state index is 0.0528. The predicted octanol–water partition coefficient (Wildman–Crippen LogP) is 2.41. The molecule has 1 aliphatic carbocycles. The maximum absolute atomic E-state index is 11.7. The Morgan fingerprint density at radius 3 is 2.56 bits per heavy atom. The van der Waals surface area contributed by atoms with E-state index in [4.69, 9.17) is 0 Å². The van der Waals surface area contributed by atoms with Crippen LogP contribution in [0.3, 0.4) is 0 Å². The smallest absolute Gasteiger partial charge is 0.307 e. The molecule has 1 saturated carbocycles. The van der Waals surface area contributed by atoms with Gasteiger partial charge in [0.05, 0.1) is 13.5 Å². The number of carbonyl (C=O) groups is 2. The average Bonchev–Trinajstić information content (AvgIpc) is 2.37. The molecular formula is C14H25NO3. The molecule has 1 N–H and O–H groups in total. The topological polar surface area (TPSA) is 55.4 Å². The number of ether oxygens (including phenoxy) is 1. The van der Waals surface area contributed by atoms with E-state index in [1.807, 2.05) is 6.92 Å². The normalized spacial score (nSPS) is 18.1. The first kappa shape index (κ1) is 15.0. The SMILES string of the molecule is COC(=O)CC(C)NC(=O)CCC1CCCCC1. The van der Waals surface area contributed by atoms with Crippen LogP contribution in [0.25, 0.3) is 0 Å². The molecule has 4 nitrogen and oxygen atoms in total. The minimum atomic E-state index is -0.282. The Hall–Kier alpha value is -1.06. The molecule has 0 aromatic rings. The van der Waals surface area contributed by atoms with E-state index in [-0.39, 0.29) is 24.3 Å². The highest BCUT2D eigenvalue weighted by molar-refractivity contribution is 5.77. The zero-order valence-electron chi connectivity index (χ0n) is 11.5. The summed E-state index contributed by atoms with van der Waals surface area (Å²) in [6, 6.07) is -0.142. The van der Waals surface area contributed by atoms with Crippen molar-refractivity contribution in [3.63, 3.8) is 0 Å². The molecule has 0 spiro atoms. The molecule has 0 heterocycles. The lowest BCUT2D eigenvalue weighted by molar-refractivity contribution is -0.141. The van der Waals surface area contributed by atoms with Crippen molar-refractivity contribution in [1.29, 1.82) is 0 Å². The van der Waals surface area contributed by atoms with Crippen LogP contribution < -0.4 is 5.32 Å². The zero-order chi connectivity index (χ0) is 13.4. The fraction of sp³-hybridized carbons (Fsp3) is 0.857. The van der Waals surface area contributed by atoms with Crippen LogP contribution in [-0.2, 0) is 14.3 Å². The van der Waals surface area contributed by atoms with Gasteiger partial charge in [-0.3, -0.25) is 9.59 Å². The molecule has 4 heteroatoms. The van der Waals surface area contributed by atoms with Gasteiger partial charge in [-0.2, -0.15) is 0 Å². The summed E-state index contributed by atoms with van der Waals surface area (Å²) in [6.45, 7) is 1.83. The number of rotatable bonds is 6. The molecule has 1 rings (SSSR count). The van der Waals surface area contributed by atoms with Crippen LogP contribution in [0.2, 0.25) is 0 Å². The first-order chi connectivity index (χ1) is 8.61. The van der Waals surface area contributed by atoms with Gasteiger partial charge in [0.25, 0.3) is 0 Å². The largest absolute Gasteiger partial charge is 0.469 e. The first-order valence-electron chi connectivity index (χ1n) is 6.98. The fourth-order valence-corrected chi connectivity index (χ4v) is 2.54. The summed E-state index contributed by atoms with van der Waals surface area (Å²) in [5.74, 6) is 0.493. The number of methoxy groups -OCH3 is 1. The van der Waals surface area contributed by atoms with Crippen molar-refractivity contribution in [3.05, 3.63) is 0 Å². The van der Waals surface area contributed by atoms with E-state index in [0.29, 0.717) is 6.42 Å². The van der Waals surface area contributed by atoms with E-state index < -0.39 is 0 Å². The van der Waals surface area contributed by atoms with Crippen molar-refractivity contribution in [2.45, 2.75) is 64.3 Å². The van der Waals surface area contributed by atoms with E-state index in [2.05, 4.69) is 10.1 Å². The lowest BCUT2D eigenvalue weighted by atomic mass is 9.86. The van der Waals surface area contributed by atoms with Gasteiger partial charge in [-0.15, -0.1) is 0 Å². The number of nitrogens with one attached hydrogen (secondary N) is 1. The van der Waals surface area contributed by atoms with Gasteiger partial charge in [-0.25, -0.2) is 0 Å². The molecule has 0 aliphatic heterocycles. The van der Waals surface area contributed by atoms with Gasteiger partial charge >= 0.3 is 5.97 Å². The third-order valence-electron chi connectivity index (χ3n) is 3.61. The van der Waals surface area contributed by atoms with Crippen LogP contribution in [-0.4, -0.2) is 25.0 Å². The molecule has 1 fully saturated rings. The summed E-state index contributed by atoms with van der Waals surface area (Å²) in [4.78, 5) is 22.7. The van der Waals surface area contributed by atoms with E-state index in [1.54, 1.807) is 0 Å². The molecule has 1 aliphatic rings. The number of hydrogen-bond donors (Lipinski definition) is 1. The summed E-state index contributed by atoms with van der Waals surface area (Å²) in [7, 11) is 1.36. The Labute approximate surface area is 109 Å². The molecule has 0 aromatic carbocycles. The van der Waals surface area contributed by atoms with Gasteiger partial charge in [0.15, 0.2) is 0 Å². The number of carbonyl (C=O) groups excluding carboxylic acids is 2. The van der Waals surface area contributed by atoms with Crippen molar-refractivity contribution in [2.75, 3.05) is 7.11 Å². The quantitative estimate of drug-likeness (QED) is 0.742. The Bertz CT molecular complexity index is 272. The van der Waals surface area contributed by atoms with Crippen molar-refractivity contribution < 1.29 is 14.3 Å². The monoisotopic (exact) mass is 255 g/mol. The van der Waals surface area contributed by atoms with Gasteiger partial charge in [0, 0.05) is 12.5 Å².